The average Bonchev–Trinajstić information content (AvgIpc) is 2.18. The van der Waals surface area contributed by atoms with E-state index in [4.69, 9.17) is 10.5 Å². The number of nitrogens with two attached hydrogens (primary N) is 1. The normalized spacial score (nSPS) is 23.4. The molecule has 3 heteroatoms. The predicted molar refractivity (Wildman–Crippen MR) is 71.6 cm³/mol. The lowest BCUT2D eigenvalue weighted by Crippen LogP contribution is -2.44. The third-order valence-corrected chi connectivity index (χ3v) is 3.10. The summed E-state index contributed by atoms with van der Waals surface area (Å²) in [7, 11) is 0. The van der Waals surface area contributed by atoms with Gasteiger partial charge in [-0.25, -0.2) is 0 Å². The molecule has 0 atom stereocenters. The van der Waals surface area contributed by atoms with Gasteiger partial charge in [-0.05, 0) is 57.4 Å². The molecule has 1 aliphatic carbocycles. The molecule has 0 aromatic heterocycles. The standard InChI is InChI=1S/C14H22N2O/c1-9(2)17-13-4-5-14(10(3)6-13)16-12-7-11(15)8-12/h4-6,9,11-12,16H,7-8,15H2,1-3H3. The molecule has 0 radical (unpaired) electrons. The molecule has 1 aromatic rings. The number of rotatable bonds is 4. The summed E-state index contributed by atoms with van der Waals surface area (Å²) in [5, 5.41) is 3.52. The van der Waals surface area contributed by atoms with Crippen LogP contribution in [-0.4, -0.2) is 18.2 Å². The summed E-state index contributed by atoms with van der Waals surface area (Å²) in [6.07, 6.45) is 2.37. The summed E-state index contributed by atoms with van der Waals surface area (Å²) < 4.78 is 5.66. The minimum Gasteiger partial charge on any atom is -0.491 e. The Morgan fingerprint density at radius 1 is 1.35 bits per heavy atom. The number of benzene rings is 1. The van der Waals surface area contributed by atoms with Gasteiger partial charge in [0.15, 0.2) is 0 Å². The van der Waals surface area contributed by atoms with Gasteiger partial charge in [0.05, 0.1) is 6.10 Å². The van der Waals surface area contributed by atoms with Crippen LogP contribution in [0.2, 0.25) is 0 Å². The maximum absolute atomic E-state index is 5.78. The number of hydrogen-bond acceptors (Lipinski definition) is 3. The summed E-state index contributed by atoms with van der Waals surface area (Å²) in [5.74, 6) is 0.938. The van der Waals surface area contributed by atoms with E-state index in [9.17, 15) is 0 Å². The molecule has 1 saturated carbocycles. The molecule has 0 saturated heterocycles. The van der Waals surface area contributed by atoms with E-state index in [2.05, 4.69) is 24.4 Å². The molecule has 0 unspecified atom stereocenters. The van der Waals surface area contributed by atoms with Gasteiger partial charge >= 0.3 is 0 Å². The summed E-state index contributed by atoms with van der Waals surface area (Å²) in [5.41, 5.74) is 8.20. The highest BCUT2D eigenvalue weighted by Gasteiger charge is 2.25. The number of aryl methyl sites for hydroxylation is 1. The molecule has 0 amide bonds. The van der Waals surface area contributed by atoms with Crippen molar-refractivity contribution in [3.63, 3.8) is 0 Å². The Balaban J connectivity index is 1.99. The molecular formula is C14H22N2O. The molecule has 0 aliphatic heterocycles. The Kier molecular flexibility index (Phi) is 3.57. The van der Waals surface area contributed by atoms with E-state index in [1.54, 1.807) is 0 Å². The quantitative estimate of drug-likeness (QED) is 0.842. The topological polar surface area (TPSA) is 47.3 Å². The van der Waals surface area contributed by atoms with Crippen LogP contribution in [0.3, 0.4) is 0 Å². The second-order valence-electron chi connectivity index (χ2n) is 5.22. The van der Waals surface area contributed by atoms with Gasteiger partial charge in [0.1, 0.15) is 5.75 Å². The number of hydrogen-bond donors (Lipinski definition) is 2. The first-order valence-corrected chi connectivity index (χ1v) is 6.34. The van der Waals surface area contributed by atoms with Gasteiger partial charge in [0.25, 0.3) is 0 Å². The summed E-state index contributed by atoms with van der Waals surface area (Å²) >= 11 is 0. The first-order valence-electron chi connectivity index (χ1n) is 6.34. The molecule has 0 spiro atoms. The zero-order chi connectivity index (χ0) is 12.4. The second-order valence-corrected chi connectivity index (χ2v) is 5.22. The minimum absolute atomic E-state index is 0.220. The van der Waals surface area contributed by atoms with Crippen LogP contribution in [0.15, 0.2) is 18.2 Å². The van der Waals surface area contributed by atoms with Crippen LogP contribution >= 0.6 is 0 Å². The van der Waals surface area contributed by atoms with Gasteiger partial charge in [-0.2, -0.15) is 0 Å². The number of nitrogens with one attached hydrogen (secondary N) is 1. The average molecular weight is 234 g/mol. The van der Waals surface area contributed by atoms with Gasteiger partial charge in [-0.15, -0.1) is 0 Å². The summed E-state index contributed by atoms with van der Waals surface area (Å²) in [4.78, 5) is 0. The summed E-state index contributed by atoms with van der Waals surface area (Å²) in [6.45, 7) is 6.18. The lowest BCUT2D eigenvalue weighted by atomic mass is 9.87. The van der Waals surface area contributed by atoms with Crippen molar-refractivity contribution in [2.75, 3.05) is 5.32 Å². The van der Waals surface area contributed by atoms with Crippen molar-refractivity contribution in [3.8, 4) is 5.75 Å². The molecule has 0 heterocycles. The highest BCUT2D eigenvalue weighted by Crippen LogP contribution is 2.27. The molecule has 2 rings (SSSR count). The number of anilines is 1. The van der Waals surface area contributed by atoms with Crippen LogP contribution < -0.4 is 15.8 Å². The Bertz CT molecular complexity index is 384. The number of ether oxygens (including phenoxy) is 1. The van der Waals surface area contributed by atoms with Crippen LogP contribution in [0.4, 0.5) is 5.69 Å². The van der Waals surface area contributed by atoms with Crippen LogP contribution in [0.1, 0.15) is 32.3 Å². The molecule has 0 bridgehead atoms. The third kappa shape index (κ3) is 3.13. The van der Waals surface area contributed by atoms with Gasteiger partial charge in [0.2, 0.25) is 0 Å². The molecule has 17 heavy (non-hydrogen) atoms. The third-order valence-electron chi connectivity index (χ3n) is 3.10. The SMILES string of the molecule is Cc1cc(OC(C)C)ccc1NC1CC(N)C1. The Morgan fingerprint density at radius 3 is 2.59 bits per heavy atom. The largest absolute Gasteiger partial charge is 0.491 e. The van der Waals surface area contributed by atoms with E-state index in [1.165, 1.54) is 11.3 Å². The Hall–Kier alpha value is -1.22. The Labute approximate surface area is 103 Å². The lowest BCUT2D eigenvalue weighted by Gasteiger charge is -2.34. The van der Waals surface area contributed by atoms with E-state index in [0.717, 1.165) is 18.6 Å². The monoisotopic (exact) mass is 234 g/mol. The van der Waals surface area contributed by atoms with Gasteiger partial charge < -0.3 is 15.8 Å². The van der Waals surface area contributed by atoms with E-state index in [1.807, 2.05) is 19.9 Å². The highest BCUT2D eigenvalue weighted by atomic mass is 16.5. The van der Waals surface area contributed by atoms with Crippen molar-refractivity contribution >= 4 is 5.69 Å². The Morgan fingerprint density at radius 2 is 2.06 bits per heavy atom. The molecular weight excluding hydrogens is 212 g/mol. The van der Waals surface area contributed by atoms with Crippen LogP contribution in [-0.2, 0) is 0 Å². The van der Waals surface area contributed by atoms with Crippen molar-refractivity contribution in [3.05, 3.63) is 23.8 Å². The first kappa shape index (κ1) is 12.2. The fourth-order valence-electron chi connectivity index (χ4n) is 2.14. The van der Waals surface area contributed by atoms with Crippen LogP contribution in [0.25, 0.3) is 0 Å². The molecule has 3 nitrogen and oxygen atoms in total. The van der Waals surface area contributed by atoms with Gasteiger partial charge in [-0.3, -0.25) is 0 Å². The van der Waals surface area contributed by atoms with Crippen molar-refractivity contribution in [1.29, 1.82) is 0 Å². The predicted octanol–water partition coefficient (Wildman–Crippen LogP) is 2.68. The maximum Gasteiger partial charge on any atom is 0.120 e. The van der Waals surface area contributed by atoms with E-state index >= 15 is 0 Å². The van der Waals surface area contributed by atoms with E-state index in [0.29, 0.717) is 12.1 Å². The van der Waals surface area contributed by atoms with Crippen LogP contribution in [0, 0.1) is 6.92 Å². The smallest absolute Gasteiger partial charge is 0.120 e. The van der Waals surface area contributed by atoms with Crippen molar-refractivity contribution < 1.29 is 4.74 Å². The molecule has 1 aromatic carbocycles. The lowest BCUT2D eigenvalue weighted by molar-refractivity contribution is 0.242. The van der Waals surface area contributed by atoms with Crippen molar-refractivity contribution in [2.24, 2.45) is 5.73 Å². The second kappa shape index (κ2) is 4.96. The molecule has 3 N–H and O–H groups in total. The van der Waals surface area contributed by atoms with E-state index < -0.39 is 0 Å². The maximum atomic E-state index is 5.78. The molecule has 1 aliphatic rings. The van der Waals surface area contributed by atoms with Gasteiger partial charge in [0, 0.05) is 17.8 Å². The zero-order valence-corrected chi connectivity index (χ0v) is 10.9. The van der Waals surface area contributed by atoms with Crippen molar-refractivity contribution in [2.45, 2.75) is 51.8 Å². The molecule has 94 valence electrons. The van der Waals surface area contributed by atoms with Gasteiger partial charge in [-0.1, -0.05) is 0 Å². The summed E-state index contributed by atoms with van der Waals surface area (Å²) in [6, 6.07) is 7.13. The fourth-order valence-corrected chi connectivity index (χ4v) is 2.14. The molecule has 1 fully saturated rings. The minimum atomic E-state index is 0.220. The van der Waals surface area contributed by atoms with E-state index in [-0.39, 0.29) is 6.10 Å². The fraction of sp³-hybridized carbons (Fsp3) is 0.571. The van der Waals surface area contributed by atoms with Crippen molar-refractivity contribution in [1.82, 2.24) is 0 Å². The van der Waals surface area contributed by atoms with Crippen LogP contribution in [0.5, 0.6) is 5.75 Å². The first-order chi connectivity index (χ1) is 8.04. The highest BCUT2D eigenvalue weighted by molar-refractivity contribution is 5.54. The zero-order valence-electron chi connectivity index (χ0n) is 10.9.